The summed E-state index contributed by atoms with van der Waals surface area (Å²) in [5.74, 6) is 0.967. The van der Waals surface area contributed by atoms with Crippen molar-refractivity contribution in [2.45, 2.75) is 23.8 Å². The van der Waals surface area contributed by atoms with Gasteiger partial charge in [-0.05, 0) is 18.9 Å². The first-order valence-electron chi connectivity index (χ1n) is 12.2. The average Bonchev–Trinajstić information content (AvgIpc) is 3.39. The van der Waals surface area contributed by atoms with Gasteiger partial charge in [0.1, 0.15) is 17.8 Å². The second-order valence-electron chi connectivity index (χ2n) is 8.80. The molecule has 0 radical (unpaired) electrons. The first-order chi connectivity index (χ1) is 19.3. The molecule has 0 saturated carbocycles. The Kier molecular flexibility index (Phi) is 7.93. The third kappa shape index (κ3) is 5.47. The molecule has 1 saturated heterocycles. The van der Waals surface area contributed by atoms with Crippen LogP contribution in [-0.4, -0.2) is 87.8 Å². The Morgan fingerprint density at radius 3 is 2.40 bits per heavy atom. The van der Waals surface area contributed by atoms with Gasteiger partial charge in [0.15, 0.2) is 27.2 Å². The maximum Gasteiger partial charge on any atom is 0.245 e. The molecule has 5 rings (SSSR count). The van der Waals surface area contributed by atoms with Crippen molar-refractivity contribution < 1.29 is 22.6 Å². The van der Waals surface area contributed by atoms with Crippen molar-refractivity contribution in [3.63, 3.8) is 0 Å². The molecule has 0 unspecified atom stereocenters. The van der Waals surface area contributed by atoms with Crippen LogP contribution in [0.3, 0.4) is 0 Å². The van der Waals surface area contributed by atoms with Gasteiger partial charge in [0.05, 0.1) is 44.0 Å². The molecule has 0 aliphatic carbocycles. The molecule has 4 aromatic rings. The molecule has 0 spiro atoms. The summed E-state index contributed by atoms with van der Waals surface area (Å²) in [5.41, 5.74) is 0.620. The minimum absolute atomic E-state index is 0.117. The van der Waals surface area contributed by atoms with Crippen molar-refractivity contribution in [1.29, 1.82) is 0 Å². The number of hydrogen-bond acceptors (Lipinski definition) is 13. The molecule has 0 N–H and O–H groups in total. The van der Waals surface area contributed by atoms with E-state index >= 15 is 0 Å². The lowest BCUT2D eigenvalue weighted by atomic mass is 10.1. The van der Waals surface area contributed by atoms with Crippen LogP contribution in [0.2, 0.25) is 5.02 Å². The van der Waals surface area contributed by atoms with E-state index in [4.69, 9.17) is 25.8 Å². The van der Waals surface area contributed by atoms with Crippen LogP contribution in [0.1, 0.15) is 18.7 Å². The number of rotatable bonds is 9. The van der Waals surface area contributed by atoms with Crippen molar-refractivity contribution in [1.82, 2.24) is 39.7 Å². The highest BCUT2D eigenvalue weighted by Gasteiger charge is 2.35. The normalized spacial score (nSPS) is 15.6. The summed E-state index contributed by atoms with van der Waals surface area (Å²) in [7, 11) is 0.615. The third-order valence-electron chi connectivity index (χ3n) is 6.36. The topological polar surface area (TPSA) is 160 Å². The van der Waals surface area contributed by atoms with E-state index in [1.807, 2.05) is 4.90 Å². The molecule has 210 valence electrons. The van der Waals surface area contributed by atoms with E-state index in [0.717, 1.165) is 0 Å². The van der Waals surface area contributed by atoms with Crippen LogP contribution in [0.15, 0.2) is 36.9 Å². The molecule has 4 aromatic heterocycles. The molecule has 5 heterocycles. The lowest BCUT2D eigenvalue weighted by Gasteiger charge is -2.32. The van der Waals surface area contributed by atoms with Crippen molar-refractivity contribution in [3.05, 3.63) is 47.8 Å². The van der Waals surface area contributed by atoms with E-state index < -0.39 is 20.8 Å². The fraction of sp³-hybridized carbons (Fsp3) is 0.375. The van der Waals surface area contributed by atoms with Crippen LogP contribution in [0.4, 0.5) is 5.95 Å². The van der Waals surface area contributed by atoms with Crippen LogP contribution in [0.5, 0.6) is 17.6 Å². The molecule has 40 heavy (non-hydrogen) atoms. The second-order valence-corrected chi connectivity index (χ2v) is 11.5. The van der Waals surface area contributed by atoms with Gasteiger partial charge in [-0.1, -0.05) is 17.7 Å². The Labute approximate surface area is 235 Å². The fourth-order valence-electron chi connectivity index (χ4n) is 4.48. The molecule has 1 atom stereocenters. The number of hydrogen-bond donors (Lipinski definition) is 0. The molecule has 1 fully saturated rings. The maximum absolute atomic E-state index is 13.8. The summed E-state index contributed by atoms with van der Waals surface area (Å²) in [4.78, 5) is 23.2. The minimum Gasteiger partial charge on any atom is -0.481 e. The van der Waals surface area contributed by atoms with Gasteiger partial charge in [0.2, 0.25) is 23.6 Å². The van der Waals surface area contributed by atoms with Crippen LogP contribution in [0, 0.1) is 0 Å². The monoisotopic (exact) mass is 587 g/mol. The zero-order valence-electron chi connectivity index (χ0n) is 21.9. The summed E-state index contributed by atoms with van der Waals surface area (Å²) in [5, 5.41) is 8.29. The third-order valence-corrected chi connectivity index (χ3v) is 8.62. The van der Waals surface area contributed by atoms with Crippen LogP contribution in [-0.2, 0) is 15.6 Å². The Bertz CT molecular complexity index is 1580. The summed E-state index contributed by atoms with van der Waals surface area (Å²) < 4.78 is 45.4. The minimum atomic E-state index is -3.75. The van der Waals surface area contributed by atoms with E-state index in [9.17, 15) is 8.42 Å². The first kappa shape index (κ1) is 27.5. The van der Waals surface area contributed by atoms with Gasteiger partial charge < -0.3 is 19.1 Å². The Hall–Kier alpha value is -4.11. The zero-order chi connectivity index (χ0) is 28.3. The maximum atomic E-state index is 13.8. The lowest BCUT2D eigenvalue weighted by Crippen LogP contribution is -2.43. The number of anilines is 1. The van der Waals surface area contributed by atoms with Crippen molar-refractivity contribution in [3.8, 4) is 34.8 Å². The molecule has 14 nitrogen and oxygen atoms in total. The van der Waals surface area contributed by atoms with E-state index in [1.54, 1.807) is 18.2 Å². The van der Waals surface area contributed by atoms with Crippen molar-refractivity contribution >= 4 is 27.4 Å². The summed E-state index contributed by atoms with van der Waals surface area (Å²) in [6.07, 6.45) is 5.38. The van der Waals surface area contributed by atoms with E-state index in [1.165, 1.54) is 44.6 Å². The predicted molar refractivity (Wildman–Crippen MR) is 145 cm³/mol. The SMILES string of the molecule is COc1cccc(-c2nnc(CS(=O)(=O)[C@@H]3CCCN(c4ncc(Cl)cn4)C3)n2-c2c(OC)ncnc2OC)n1. The number of aromatic nitrogens is 8. The zero-order valence-corrected chi connectivity index (χ0v) is 23.5. The van der Waals surface area contributed by atoms with Gasteiger partial charge >= 0.3 is 0 Å². The fourth-order valence-corrected chi connectivity index (χ4v) is 6.29. The molecule has 0 aromatic carbocycles. The lowest BCUT2D eigenvalue weighted by molar-refractivity contribution is 0.368. The Morgan fingerprint density at radius 1 is 1.00 bits per heavy atom. The summed E-state index contributed by atoms with van der Waals surface area (Å²) in [6, 6.07) is 5.12. The molecule has 1 aliphatic rings. The number of piperidine rings is 1. The number of methoxy groups -OCH3 is 3. The standard InChI is InChI=1S/C24H26ClN9O5S/c1-37-19-8-4-7-17(30-19)21-32-31-18(34(21)20-22(38-2)28-14-29-23(20)39-3)13-40(35,36)16-6-5-9-33(12-16)24-26-10-15(25)11-27-24/h4,7-8,10-11,14,16H,5-6,9,12-13H2,1-3H3/t16-/m1/s1. The largest absolute Gasteiger partial charge is 0.481 e. The Morgan fingerprint density at radius 2 is 1.73 bits per heavy atom. The van der Waals surface area contributed by atoms with E-state index in [2.05, 4.69) is 35.1 Å². The number of pyridine rings is 1. The smallest absolute Gasteiger partial charge is 0.245 e. The summed E-state index contributed by atoms with van der Waals surface area (Å²) in [6.45, 7) is 0.856. The van der Waals surface area contributed by atoms with Gasteiger partial charge in [-0.3, -0.25) is 4.57 Å². The highest BCUT2D eigenvalue weighted by atomic mass is 35.5. The molecule has 0 bridgehead atoms. The van der Waals surface area contributed by atoms with Crippen molar-refractivity contribution in [2.75, 3.05) is 39.3 Å². The predicted octanol–water partition coefficient (Wildman–Crippen LogP) is 2.17. The van der Waals surface area contributed by atoms with Crippen LogP contribution >= 0.6 is 11.6 Å². The van der Waals surface area contributed by atoms with E-state index in [-0.39, 0.29) is 35.6 Å². The first-order valence-corrected chi connectivity index (χ1v) is 14.3. The van der Waals surface area contributed by atoms with Gasteiger partial charge in [-0.25, -0.2) is 23.4 Å². The van der Waals surface area contributed by atoms with Crippen molar-refractivity contribution in [2.24, 2.45) is 0 Å². The van der Waals surface area contributed by atoms with Gasteiger partial charge in [0.25, 0.3) is 0 Å². The summed E-state index contributed by atoms with van der Waals surface area (Å²) >= 11 is 5.92. The Balaban J connectivity index is 1.56. The quantitative estimate of drug-likeness (QED) is 0.280. The van der Waals surface area contributed by atoms with Crippen LogP contribution in [0.25, 0.3) is 17.2 Å². The van der Waals surface area contributed by atoms with Crippen LogP contribution < -0.4 is 19.1 Å². The second kappa shape index (κ2) is 11.6. The molecular formula is C24H26ClN9O5S. The van der Waals surface area contributed by atoms with Gasteiger partial charge in [0, 0.05) is 19.2 Å². The number of halogens is 1. The highest BCUT2D eigenvalue weighted by Crippen LogP contribution is 2.34. The molecule has 16 heteroatoms. The molecular weight excluding hydrogens is 562 g/mol. The highest BCUT2D eigenvalue weighted by molar-refractivity contribution is 7.91. The number of nitrogens with zero attached hydrogens (tertiary/aromatic N) is 9. The molecule has 1 aliphatic heterocycles. The number of sulfone groups is 1. The molecule has 0 amide bonds. The average molecular weight is 588 g/mol. The number of ether oxygens (including phenoxy) is 3. The van der Waals surface area contributed by atoms with Gasteiger partial charge in [-0.2, -0.15) is 9.97 Å². The van der Waals surface area contributed by atoms with Gasteiger partial charge in [-0.15, -0.1) is 10.2 Å². The van der Waals surface area contributed by atoms with E-state index in [0.29, 0.717) is 41.9 Å².